The highest BCUT2D eigenvalue weighted by Crippen LogP contribution is 2.26. The van der Waals surface area contributed by atoms with E-state index in [1.54, 1.807) is 0 Å². The monoisotopic (exact) mass is 300 g/mol. The molecule has 0 atom stereocenters. The smallest absolute Gasteiger partial charge is 0.279 e. The third kappa shape index (κ3) is 3.89. The summed E-state index contributed by atoms with van der Waals surface area (Å²) in [5.41, 5.74) is 0.279. The number of ether oxygens (including phenoxy) is 1. The quantitative estimate of drug-likeness (QED) is 0.610. The minimum Gasteiger partial charge on any atom is -0.370 e. The molecule has 20 heavy (non-hydrogen) atoms. The summed E-state index contributed by atoms with van der Waals surface area (Å²) in [6, 6.07) is 3.97. The molecule has 1 aromatic rings. The highest BCUT2D eigenvalue weighted by molar-refractivity contribution is 6.33. The zero-order valence-corrected chi connectivity index (χ0v) is 11.5. The summed E-state index contributed by atoms with van der Waals surface area (Å²) in [5, 5.41) is 13.4. The average Bonchev–Trinajstić information content (AvgIpc) is 2.42. The lowest BCUT2D eigenvalue weighted by Crippen LogP contribution is -3.15. The summed E-state index contributed by atoms with van der Waals surface area (Å²) in [4.78, 5) is 23.1. The molecule has 0 aliphatic carbocycles. The van der Waals surface area contributed by atoms with E-state index in [2.05, 4.69) is 5.32 Å². The summed E-state index contributed by atoms with van der Waals surface area (Å²) in [7, 11) is 0. The van der Waals surface area contributed by atoms with E-state index in [4.69, 9.17) is 16.3 Å². The highest BCUT2D eigenvalue weighted by atomic mass is 35.5. The lowest BCUT2D eigenvalue weighted by molar-refractivity contribution is -0.899. The molecule has 1 fully saturated rings. The molecule has 1 aliphatic rings. The van der Waals surface area contributed by atoms with Crippen molar-refractivity contribution in [3.8, 4) is 0 Å². The fourth-order valence-corrected chi connectivity index (χ4v) is 2.20. The molecule has 108 valence electrons. The second-order valence-electron chi connectivity index (χ2n) is 4.51. The molecule has 1 amide bonds. The third-order valence-corrected chi connectivity index (χ3v) is 3.36. The molecule has 1 aliphatic heterocycles. The molecule has 0 unspecified atom stereocenters. The molecule has 0 saturated carbocycles. The van der Waals surface area contributed by atoms with Crippen LogP contribution < -0.4 is 10.2 Å². The Balaban J connectivity index is 1.95. The van der Waals surface area contributed by atoms with Crippen molar-refractivity contribution in [2.75, 3.05) is 38.2 Å². The molecule has 8 heteroatoms. The normalized spacial score (nSPS) is 15.8. The average molecular weight is 301 g/mol. The predicted octanol–water partition coefficient (Wildman–Crippen LogP) is 0.102. The number of benzene rings is 1. The Morgan fingerprint density at radius 3 is 2.75 bits per heavy atom. The fraction of sp³-hybridized carbons (Fsp3) is 0.417. The second kappa shape index (κ2) is 6.65. The van der Waals surface area contributed by atoms with Crippen LogP contribution in [0, 0.1) is 10.1 Å². The Labute approximate surface area is 120 Å². The van der Waals surface area contributed by atoms with E-state index in [1.165, 1.54) is 18.2 Å². The molecule has 1 saturated heterocycles. The summed E-state index contributed by atoms with van der Waals surface area (Å²) in [6.07, 6.45) is 0. The summed E-state index contributed by atoms with van der Waals surface area (Å²) < 4.78 is 5.22. The number of nitro benzene ring substituents is 1. The van der Waals surface area contributed by atoms with Crippen molar-refractivity contribution in [1.29, 1.82) is 0 Å². The number of nitrogens with zero attached hydrogens (tertiary/aromatic N) is 1. The maximum atomic E-state index is 11.9. The summed E-state index contributed by atoms with van der Waals surface area (Å²) >= 11 is 5.91. The molecule has 0 aromatic heterocycles. The predicted molar refractivity (Wildman–Crippen MR) is 73.1 cm³/mol. The van der Waals surface area contributed by atoms with Crippen molar-refractivity contribution in [3.63, 3.8) is 0 Å². The standard InChI is InChI=1S/C12H14ClN3O4/c13-10-7-9(16(18)19)1-2-11(10)14-12(17)8-15-3-5-20-6-4-15/h1-2,7H,3-6,8H2,(H,14,17)/p+1. The number of carbonyl (C=O) groups excluding carboxylic acids is 1. The Morgan fingerprint density at radius 1 is 1.45 bits per heavy atom. The van der Waals surface area contributed by atoms with Crippen LogP contribution in [0.1, 0.15) is 0 Å². The van der Waals surface area contributed by atoms with E-state index in [0.29, 0.717) is 25.4 Å². The number of non-ortho nitro benzene ring substituents is 1. The number of quaternary nitrogens is 1. The van der Waals surface area contributed by atoms with E-state index < -0.39 is 4.92 Å². The van der Waals surface area contributed by atoms with Crippen LogP contribution in [0.3, 0.4) is 0 Å². The lowest BCUT2D eigenvalue weighted by atomic mass is 10.2. The highest BCUT2D eigenvalue weighted by Gasteiger charge is 2.18. The van der Waals surface area contributed by atoms with Gasteiger partial charge in [-0.05, 0) is 6.07 Å². The molecule has 0 spiro atoms. The zero-order valence-electron chi connectivity index (χ0n) is 10.7. The van der Waals surface area contributed by atoms with Gasteiger partial charge in [-0.3, -0.25) is 14.9 Å². The molecular formula is C12H15ClN3O4+. The molecule has 1 heterocycles. The first-order chi connectivity index (χ1) is 9.56. The summed E-state index contributed by atoms with van der Waals surface area (Å²) in [5.74, 6) is -0.169. The van der Waals surface area contributed by atoms with E-state index in [-0.39, 0.29) is 16.6 Å². The van der Waals surface area contributed by atoms with Crippen molar-refractivity contribution >= 4 is 28.9 Å². The fourth-order valence-electron chi connectivity index (χ4n) is 1.98. The van der Waals surface area contributed by atoms with Gasteiger partial charge in [0.05, 0.1) is 28.8 Å². The third-order valence-electron chi connectivity index (χ3n) is 3.05. The number of morpholine rings is 1. The van der Waals surface area contributed by atoms with Gasteiger partial charge in [-0.25, -0.2) is 0 Å². The van der Waals surface area contributed by atoms with Gasteiger partial charge in [0.1, 0.15) is 13.1 Å². The number of halogens is 1. The van der Waals surface area contributed by atoms with Gasteiger partial charge in [-0.1, -0.05) is 11.6 Å². The van der Waals surface area contributed by atoms with Gasteiger partial charge >= 0.3 is 0 Å². The van der Waals surface area contributed by atoms with Crippen LogP contribution >= 0.6 is 11.6 Å². The zero-order chi connectivity index (χ0) is 14.5. The number of anilines is 1. The summed E-state index contributed by atoms with van der Waals surface area (Å²) in [6.45, 7) is 3.22. The first kappa shape index (κ1) is 14.7. The van der Waals surface area contributed by atoms with Crippen LogP contribution in [0.15, 0.2) is 18.2 Å². The van der Waals surface area contributed by atoms with Crippen LogP contribution in [0.4, 0.5) is 11.4 Å². The number of nitro groups is 1. The number of carbonyl (C=O) groups is 1. The Kier molecular flexibility index (Phi) is 4.89. The van der Waals surface area contributed by atoms with Gasteiger partial charge in [-0.2, -0.15) is 0 Å². The SMILES string of the molecule is O=C(C[NH+]1CCOCC1)Nc1ccc([N+](=O)[O-])cc1Cl. The van der Waals surface area contributed by atoms with Crippen molar-refractivity contribution in [1.82, 2.24) is 0 Å². The first-order valence-corrected chi connectivity index (χ1v) is 6.59. The van der Waals surface area contributed by atoms with Crippen molar-refractivity contribution in [3.05, 3.63) is 33.3 Å². The molecule has 2 N–H and O–H groups in total. The number of hydrogen-bond acceptors (Lipinski definition) is 4. The van der Waals surface area contributed by atoms with Gasteiger partial charge in [0.25, 0.3) is 11.6 Å². The van der Waals surface area contributed by atoms with Gasteiger partial charge < -0.3 is 15.0 Å². The van der Waals surface area contributed by atoms with Gasteiger partial charge in [0, 0.05) is 12.1 Å². The first-order valence-electron chi connectivity index (χ1n) is 6.21. The molecule has 7 nitrogen and oxygen atoms in total. The van der Waals surface area contributed by atoms with E-state index >= 15 is 0 Å². The van der Waals surface area contributed by atoms with Crippen molar-refractivity contribution in [2.24, 2.45) is 0 Å². The molecule has 1 aromatic carbocycles. The van der Waals surface area contributed by atoms with Gasteiger partial charge in [0.15, 0.2) is 6.54 Å². The van der Waals surface area contributed by atoms with Gasteiger partial charge in [0.2, 0.25) is 0 Å². The van der Waals surface area contributed by atoms with Crippen molar-refractivity contribution in [2.45, 2.75) is 0 Å². The van der Waals surface area contributed by atoms with Crippen LogP contribution in [0.2, 0.25) is 5.02 Å². The number of nitrogens with one attached hydrogen (secondary N) is 2. The van der Waals surface area contributed by atoms with E-state index in [0.717, 1.165) is 18.0 Å². The second-order valence-corrected chi connectivity index (χ2v) is 4.92. The van der Waals surface area contributed by atoms with Crippen LogP contribution in [-0.2, 0) is 9.53 Å². The topological polar surface area (TPSA) is 85.9 Å². The molecular weight excluding hydrogens is 286 g/mol. The Hall–Kier alpha value is -1.70. The maximum absolute atomic E-state index is 11.9. The molecule has 0 bridgehead atoms. The molecule has 2 rings (SSSR count). The Bertz CT molecular complexity index is 517. The maximum Gasteiger partial charge on any atom is 0.279 e. The van der Waals surface area contributed by atoms with E-state index in [9.17, 15) is 14.9 Å². The van der Waals surface area contributed by atoms with Gasteiger partial charge in [-0.15, -0.1) is 0 Å². The molecule has 0 radical (unpaired) electrons. The van der Waals surface area contributed by atoms with Crippen LogP contribution in [0.25, 0.3) is 0 Å². The van der Waals surface area contributed by atoms with Crippen LogP contribution in [0.5, 0.6) is 0 Å². The minimum absolute atomic E-state index is 0.105. The number of rotatable bonds is 4. The van der Waals surface area contributed by atoms with Crippen molar-refractivity contribution < 1.29 is 19.4 Å². The Morgan fingerprint density at radius 2 is 2.15 bits per heavy atom. The lowest BCUT2D eigenvalue weighted by Gasteiger charge is -2.23. The number of hydrogen-bond donors (Lipinski definition) is 2. The largest absolute Gasteiger partial charge is 0.370 e. The van der Waals surface area contributed by atoms with E-state index in [1.807, 2.05) is 0 Å². The van der Waals surface area contributed by atoms with Crippen LogP contribution in [-0.4, -0.2) is 43.7 Å². The minimum atomic E-state index is -0.532. The number of amides is 1.